The molecule has 0 radical (unpaired) electrons. The van der Waals surface area contributed by atoms with Gasteiger partial charge in [0.2, 0.25) is 0 Å². The number of fused-ring (bicyclic) bond motifs is 2. The van der Waals surface area contributed by atoms with E-state index in [1.165, 1.54) is 0 Å². The van der Waals surface area contributed by atoms with E-state index in [9.17, 15) is 9.90 Å². The summed E-state index contributed by atoms with van der Waals surface area (Å²) in [7, 11) is 0. The first-order valence-corrected chi connectivity index (χ1v) is 11.1. The van der Waals surface area contributed by atoms with E-state index < -0.39 is 11.4 Å². The SMILES string of the molecule is CCc1nc2c(C)cc(C)nc2n1Cc1ccc(C2(C(=O)O)Cc3ccccc3C2)cc1. The molecular formula is C27H27N3O2. The van der Waals surface area contributed by atoms with Crippen molar-refractivity contribution in [2.24, 2.45) is 0 Å². The number of carboxylic acids is 1. The van der Waals surface area contributed by atoms with E-state index in [-0.39, 0.29) is 0 Å². The molecule has 0 saturated carbocycles. The number of pyridine rings is 1. The van der Waals surface area contributed by atoms with Crippen LogP contribution in [0.25, 0.3) is 11.2 Å². The van der Waals surface area contributed by atoms with E-state index in [0.717, 1.165) is 56.9 Å². The zero-order valence-electron chi connectivity index (χ0n) is 18.7. The van der Waals surface area contributed by atoms with Crippen LogP contribution in [-0.4, -0.2) is 25.6 Å². The van der Waals surface area contributed by atoms with Gasteiger partial charge in [0.1, 0.15) is 16.8 Å². The third kappa shape index (κ3) is 3.20. The molecular weight excluding hydrogens is 398 g/mol. The van der Waals surface area contributed by atoms with Crippen LogP contribution in [0.15, 0.2) is 54.6 Å². The highest BCUT2D eigenvalue weighted by molar-refractivity contribution is 5.84. The lowest BCUT2D eigenvalue weighted by molar-refractivity contribution is -0.143. The molecule has 0 aliphatic heterocycles. The molecule has 0 fully saturated rings. The molecule has 0 amide bonds. The molecule has 1 N–H and O–H groups in total. The van der Waals surface area contributed by atoms with Crippen LogP contribution in [0.3, 0.4) is 0 Å². The molecule has 1 aliphatic carbocycles. The Morgan fingerprint density at radius 1 is 1.03 bits per heavy atom. The molecule has 32 heavy (non-hydrogen) atoms. The fourth-order valence-electron chi connectivity index (χ4n) is 5.09. The van der Waals surface area contributed by atoms with Gasteiger partial charge in [-0.1, -0.05) is 55.5 Å². The second kappa shape index (κ2) is 7.59. The van der Waals surface area contributed by atoms with Gasteiger partial charge in [-0.25, -0.2) is 9.97 Å². The van der Waals surface area contributed by atoms with Crippen LogP contribution in [-0.2, 0) is 36.0 Å². The van der Waals surface area contributed by atoms with Gasteiger partial charge in [-0.05, 0) is 60.6 Å². The van der Waals surface area contributed by atoms with Crippen LogP contribution in [0.5, 0.6) is 0 Å². The van der Waals surface area contributed by atoms with Gasteiger partial charge < -0.3 is 9.67 Å². The number of hydrogen-bond donors (Lipinski definition) is 1. The Labute approximate surface area is 187 Å². The Hall–Kier alpha value is -3.47. The van der Waals surface area contributed by atoms with Crippen molar-refractivity contribution >= 4 is 17.1 Å². The molecule has 1 aliphatic rings. The van der Waals surface area contributed by atoms with Crippen molar-refractivity contribution in [2.45, 2.75) is 52.0 Å². The summed E-state index contributed by atoms with van der Waals surface area (Å²) < 4.78 is 2.18. The molecule has 162 valence electrons. The summed E-state index contributed by atoms with van der Waals surface area (Å²) in [4.78, 5) is 22.0. The Kier molecular flexibility index (Phi) is 4.85. The van der Waals surface area contributed by atoms with Gasteiger partial charge in [0.15, 0.2) is 5.65 Å². The van der Waals surface area contributed by atoms with Crippen LogP contribution in [0.1, 0.15) is 46.3 Å². The fraction of sp³-hybridized carbons (Fsp3) is 0.296. The second-order valence-corrected chi connectivity index (χ2v) is 8.93. The summed E-state index contributed by atoms with van der Waals surface area (Å²) in [5, 5.41) is 10.2. The van der Waals surface area contributed by atoms with E-state index in [4.69, 9.17) is 9.97 Å². The first-order chi connectivity index (χ1) is 15.4. The number of benzene rings is 2. The average Bonchev–Trinajstić information content (AvgIpc) is 3.34. The highest BCUT2D eigenvalue weighted by Crippen LogP contribution is 2.40. The smallest absolute Gasteiger partial charge is 0.314 e. The molecule has 0 bridgehead atoms. The van der Waals surface area contributed by atoms with Crippen LogP contribution in [0.2, 0.25) is 0 Å². The minimum Gasteiger partial charge on any atom is -0.481 e. The second-order valence-electron chi connectivity index (χ2n) is 8.93. The molecule has 0 spiro atoms. The number of aliphatic carboxylic acids is 1. The third-order valence-corrected chi connectivity index (χ3v) is 6.78. The normalized spacial score (nSPS) is 14.6. The van der Waals surface area contributed by atoms with Gasteiger partial charge in [-0.3, -0.25) is 4.79 Å². The van der Waals surface area contributed by atoms with Crippen LogP contribution >= 0.6 is 0 Å². The maximum Gasteiger partial charge on any atom is 0.314 e. The highest BCUT2D eigenvalue weighted by atomic mass is 16.4. The lowest BCUT2D eigenvalue weighted by Crippen LogP contribution is -2.36. The standard InChI is InChI=1S/C27H27N3O2/c1-4-23-29-24-17(2)13-18(3)28-25(24)30(23)16-19-9-11-22(12-10-19)27(26(31)32)14-20-7-5-6-8-21(20)15-27/h5-13H,4,14-16H2,1-3H3,(H,31,32). The van der Waals surface area contributed by atoms with Gasteiger partial charge in [0, 0.05) is 12.1 Å². The summed E-state index contributed by atoms with van der Waals surface area (Å²) in [5.74, 6) is 0.254. The summed E-state index contributed by atoms with van der Waals surface area (Å²) in [6.45, 7) is 6.86. The predicted molar refractivity (Wildman–Crippen MR) is 125 cm³/mol. The topological polar surface area (TPSA) is 68.0 Å². The Morgan fingerprint density at radius 2 is 1.69 bits per heavy atom. The number of nitrogens with zero attached hydrogens (tertiary/aromatic N) is 3. The summed E-state index contributed by atoms with van der Waals surface area (Å²) in [6.07, 6.45) is 1.90. The molecule has 0 atom stereocenters. The zero-order chi connectivity index (χ0) is 22.5. The number of imidazole rings is 1. The van der Waals surface area contributed by atoms with Gasteiger partial charge in [-0.2, -0.15) is 0 Å². The number of carbonyl (C=O) groups is 1. The molecule has 2 aromatic heterocycles. The van der Waals surface area contributed by atoms with Crippen molar-refractivity contribution < 1.29 is 9.90 Å². The zero-order valence-corrected chi connectivity index (χ0v) is 18.7. The number of rotatable bonds is 5. The quantitative estimate of drug-likeness (QED) is 0.500. The van der Waals surface area contributed by atoms with E-state index in [2.05, 4.69) is 36.6 Å². The van der Waals surface area contributed by atoms with Crippen LogP contribution < -0.4 is 0 Å². The van der Waals surface area contributed by atoms with E-state index in [1.807, 2.05) is 43.3 Å². The first kappa shape index (κ1) is 20.4. The predicted octanol–water partition coefficient (Wildman–Crippen LogP) is 4.78. The molecule has 4 aromatic rings. The van der Waals surface area contributed by atoms with Crippen molar-refractivity contribution in [1.82, 2.24) is 14.5 Å². The minimum atomic E-state index is -0.895. The summed E-state index contributed by atoms with van der Waals surface area (Å²) in [6, 6.07) is 18.2. The number of hydrogen-bond acceptors (Lipinski definition) is 3. The van der Waals surface area contributed by atoms with E-state index >= 15 is 0 Å². The van der Waals surface area contributed by atoms with Crippen molar-refractivity contribution in [3.05, 3.63) is 93.9 Å². The Morgan fingerprint density at radius 3 is 2.28 bits per heavy atom. The van der Waals surface area contributed by atoms with Crippen molar-refractivity contribution in [3.8, 4) is 0 Å². The first-order valence-electron chi connectivity index (χ1n) is 11.1. The third-order valence-electron chi connectivity index (χ3n) is 6.78. The molecule has 5 rings (SSSR count). The minimum absolute atomic E-state index is 0.534. The monoisotopic (exact) mass is 425 g/mol. The number of aromatic nitrogens is 3. The molecule has 2 aromatic carbocycles. The molecule has 2 heterocycles. The van der Waals surface area contributed by atoms with E-state index in [0.29, 0.717) is 19.4 Å². The highest BCUT2D eigenvalue weighted by Gasteiger charge is 2.45. The molecule has 0 saturated heterocycles. The molecule has 5 heteroatoms. The molecule has 5 nitrogen and oxygen atoms in total. The van der Waals surface area contributed by atoms with Crippen molar-refractivity contribution in [1.29, 1.82) is 0 Å². The lowest BCUT2D eigenvalue weighted by atomic mass is 9.77. The van der Waals surface area contributed by atoms with Gasteiger partial charge in [-0.15, -0.1) is 0 Å². The van der Waals surface area contributed by atoms with Crippen molar-refractivity contribution in [2.75, 3.05) is 0 Å². The summed E-state index contributed by atoms with van der Waals surface area (Å²) in [5.41, 5.74) is 7.34. The number of carboxylic acid groups (broad SMARTS) is 1. The van der Waals surface area contributed by atoms with Gasteiger partial charge >= 0.3 is 5.97 Å². The average molecular weight is 426 g/mol. The Balaban J connectivity index is 1.49. The van der Waals surface area contributed by atoms with Crippen LogP contribution in [0, 0.1) is 13.8 Å². The fourth-order valence-corrected chi connectivity index (χ4v) is 5.09. The number of aryl methyl sites for hydroxylation is 3. The maximum atomic E-state index is 12.4. The largest absolute Gasteiger partial charge is 0.481 e. The summed E-state index contributed by atoms with van der Waals surface area (Å²) >= 11 is 0. The Bertz CT molecular complexity index is 1310. The molecule has 0 unspecified atom stereocenters. The van der Waals surface area contributed by atoms with Gasteiger partial charge in [0.25, 0.3) is 0 Å². The van der Waals surface area contributed by atoms with Crippen molar-refractivity contribution in [3.63, 3.8) is 0 Å². The maximum absolute atomic E-state index is 12.4. The lowest BCUT2D eigenvalue weighted by Gasteiger charge is -2.25. The van der Waals surface area contributed by atoms with Crippen LogP contribution in [0.4, 0.5) is 0 Å². The van der Waals surface area contributed by atoms with Gasteiger partial charge in [0.05, 0.1) is 6.54 Å². The van der Waals surface area contributed by atoms with E-state index in [1.54, 1.807) is 0 Å².